The van der Waals surface area contributed by atoms with Crippen LogP contribution in [-0.4, -0.2) is 5.71 Å². The highest BCUT2D eigenvalue weighted by Gasteiger charge is 1.84. The van der Waals surface area contributed by atoms with E-state index in [1.165, 1.54) is 0 Å². The quantitative estimate of drug-likeness (QED) is 0.498. The number of hydrogen-bond donors (Lipinski definition) is 1. The molecule has 0 aromatic rings. The Hall–Kier alpha value is -1.37. The first-order chi connectivity index (χ1) is 6.20. The zero-order valence-electron chi connectivity index (χ0n) is 8.54. The zero-order valence-corrected chi connectivity index (χ0v) is 8.54. The monoisotopic (exact) mass is 175 g/mol. The highest BCUT2D eigenvalue weighted by atomic mass is 14.4. The average Bonchev–Trinajstić information content (AvgIpc) is 2.05. The number of nitrogens with one attached hydrogen (secondary N) is 1. The van der Waals surface area contributed by atoms with Crippen molar-refractivity contribution >= 4 is 5.71 Å². The molecule has 13 heavy (non-hydrogen) atoms. The second-order valence-corrected chi connectivity index (χ2v) is 2.73. The molecule has 0 heterocycles. The van der Waals surface area contributed by atoms with Gasteiger partial charge in [0.15, 0.2) is 0 Å². The smallest absolute Gasteiger partial charge is 0.0539 e. The lowest BCUT2D eigenvalue weighted by molar-refractivity contribution is 1.48. The first-order valence-corrected chi connectivity index (χ1v) is 4.39. The van der Waals surface area contributed by atoms with Crippen LogP contribution in [0.1, 0.15) is 20.8 Å². The number of rotatable bonds is 4. The molecule has 1 nitrogen and oxygen atoms in total. The standard InChI is InChI=1S/C12H17N/c1-4-6-7-9-11(3)10-12(13)8-5-2/h4-10,13H,1-3H3/b6-4-,8-5-,9-7-,11-10-,13-12?. The first kappa shape index (κ1) is 11.6. The first-order valence-electron chi connectivity index (χ1n) is 4.39. The second kappa shape index (κ2) is 7.29. The molecule has 0 radical (unpaired) electrons. The van der Waals surface area contributed by atoms with Crippen molar-refractivity contribution in [2.75, 3.05) is 0 Å². The van der Waals surface area contributed by atoms with E-state index in [4.69, 9.17) is 5.41 Å². The highest BCUT2D eigenvalue weighted by molar-refractivity contribution is 6.02. The molecule has 1 N–H and O–H groups in total. The van der Waals surface area contributed by atoms with Crippen molar-refractivity contribution in [1.29, 1.82) is 5.41 Å². The maximum atomic E-state index is 7.48. The van der Waals surface area contributed by atoms with E-state index < -0.39 is 0 Å². The van der Waals surface area contributed by atoms with E-state index in [-0.39, 0.29) is 0 Å². The van der Waals surface area contributed by atoms with Crippen LogP contribution in [0.25, 0.3) is 0 Å². The van der Waals surface area contributed by atoms with Crippen LogP contribution >= 0.6 is 0 Å². The van der Waals surface area contributed by atoms with Gasteiger partial charge in [0.05, 0.1) is 5.71 Å². The molecule has 0 aliphatic rings. The minimum absolute atomic E-state index is 0.533. The lowest BCUT2D eigenvalue weighted by Crippen LogP contribution is -1.84. The van der Waals surface area contributed by atoms with Gasteiger partial charge in [-0.1, -0.05) is 30.4 Å². The molecule has 0 aliphatic heterocycles. The third kappa shape index (κ3) is 7.01. The van der Waals surface area contributed by atoms with Gasteiger partial charge in [-0.25, -0.2) is 0 Å². The van der Waals surface area contributed by atoms with Gasteiger partial charge in [-0.15, -0.1) is 0 Å². The highest BCUT2D eigenvalue weighted by Crippen LogP contribution is 1.96. The van der Waals surface area contributed by atoms with Crippen molar-refractivity contribution in [1.82, 2.24) is 0 Å². The predicted molar refractivity (Wildman–Crippen MR) is 60.3 cm³/mol. The van der Waals surface area contributed by atoms with Crippen molar-refractivity contribution in [3.05, 3.63) is 48.1 Å². The van der Waals surface area contributed by atoms with E-state index >= 15 is 0 Å². The SMILES string of the molecule is C\C=C/C=C\C(C)=C/C(=N)/C=C\C. The summed E-state index contributed by atoms with van der Waals surface area (Å²) in [5.74, 6) is 0. The predicted octanol–water partition coefficient (Wildman–Crippen LogP) is 3.66. The van der Waals surface area contributed by atoms with Crippen LogP contribution < -0.4 is 0 Å². The summed E-state index contributed by atoms with van der Waals surface area (Å²) in [6.07, 6.45) is 13.4. The van der Waals surface area contributed by atoms with Crippen molar-refractivity contribution in [2.45, 2.75) is 20.8 Å². The van der Waals surface area contributed by atoms with Crippen LogP contribution in [-0.2, 0) is 0 Å². The van der Waals surface area contributed by atoms with Crippen LogP contribution in [0.2, 0.25) is 0 Å². The van der Waals surface area contributed by atoms with Gasteiger partial charge in [-0.3, -0.25) is 0 Å². The summed E-state index contributed by atoms with van der Waals surface area (Å²) in [6, 6.07) is 0. The molecule has 0 rings (SSSR count). The van der Waals surface area contributed by atoms with E-state index in [2.05, 4.69) is 0 Å². The van der Waals surface area contributed by atoms with Crippen molar-refractivity contribution in [3.63, 3.8) is 0 Å². The van der Waals surface area contributed by atoms with Gasteiger partial charge >= 0.3 is 0 Å². The molecule has 0 bridgehead atoms. The number of hydrogen-bond acceptors (Lipinski definition) is 1. The summed E-state index contributed by atoms with van der Waals surface area (Å²) in [7, 11) is 0. The molecule has 0 saturated carbocycles. The van der Waals surface area contributed by atoms with E-state index in [1.807, 2.05) is 57.2 Å². The van der Waals surface area contributed by atoms with E-state index in [1.54, 1.807) is 6.08 Å². The van der Waals surface area contributed by atoms with Crippen LogP contribution in [0.4, 0.5) is 0 Å². The van der Waals surface area contributed by atoms with Crippen LogP contribution in [0.5, 0.6) is 0 Å². The third-order valence-electron chi connectivity index (χ3n) is 1.39. The lowest BCUT2D eigenvalue weighted by atomic mass is 10.2. The molecule has 0 saturated heterocycles. The fourth-order valence-corrected chi connectivity index (χ4v) is 0.840. The Balaban J connectivity index is 4.24. The summed E-state index contributed by atoms with van der Waals surface area (Å²) in [5.41, 5.74) is 1.62. The topological polar surface area (TPSA) is 23.9 Å². The van der Waals surface area contributed by atoms with Crippen molar-refractivity contribution < 1.29 is 0 Å². The molecule has 1 heteroatoms. The molecule has 0 atom stereocenters. The van der Waals surface area contributed by atoms with E-state index in [9.17, 15) is 0 Å². The van der Waals surface area contributed by atoms with E-state index in [0.717, 1.165) is 5.57 Å². The van der Waals surface area contributed by atoms with Gasteiger partial charge in [0.2, 0.25) is 0 Å². The molecule has 0 aliphatic carbocycles. The molecule has 0 unspecified atom stereocenters. The Bertz CT molecular complexity index is 265. The Labute approximate surface area is 80.7 Å². The van der Waals surface area contributed by atoms with Crippen molar-refractivity contribution in [3.8, 4) is 0 Å². The summed E-state index contributed by atoms with van der Waals surface area (Å²) < 4.78 is 0. The molecule has 0 amide bonds. The van der Waals surface area contributed by atoms with Gasteiger partial charge in [-0.2, -0.15) is 0 Å². The summed E-state index contributed by atoms with van der Waals surface area (Å²) in [6.45, 7) is 5.87. The maximum absolute atomic E-state index is 7.48. The van der Waals surface area contributed by atoms with Crippen LogP contribution in [0.15, 0.2) is 48.1 Å². The molecular formula is C12H17N. The maximum Gasteiger partial charge on any atom is 0.0539 e. The molecule has 70 valence electrons. The lowest BCUT2D eigenvalue weighted by Gasteiger charge is -1.90. The molecular weight excluding hydrogens is 158 g/mol. The molecule has 0 fully saturated rings. The summed E-state index contributed by atoms with van der Waals surface area (Å²) >= 11 is 0. The summed E-state index contributed by atoms with van der Waals surface area (Å²) in [4.78, 5) is 0. The Morgan fingerprint density at radius 3 is 2.23 bits per heavy atom. The summed E-state index contributed by atoms with van der Waals surface area (Å²) in [5, 5.41) is 7.48. The van der Waals surface area contributed by atoms with Crippen molar-refractivity contribution in [2.24, 2.45) is 0 Å². The number of allylic oxidation sites excluding steroid dienone is 8. The zero-order chi connectivity index (χ0) is 10.1. The third-order valence-corrected chi connectivity index (χ3v) is 1.39. The Morgan fingerprint density at radius 2 is 1.69 bits per heavy atom. The van der Waals surface area contributed by atoms with Gasteiger partial charge in [0.25, 0.3) is 0 Å². The minimum atomic E-state index is 0.533. The van der Waals surface area contributed by atoms with Crippen LogP contribution in [0, 0.1) is 5.41 Å². The van der Waals surface area contributed by atoms with E-state index in [0.29, 0.717) is 5.71 Å². The Kier molecular flexibility index (Phi) is 6.52. The van der Waals surface area contributed by atoms with Gasteiger partial charge in [0.1, 0.15) is 0 Å². The normalized spacial score (nSPS) is 13.6. The fraction of sp³-hybridized carbons (Fsp3) is 0.250. The second-order valence-electron chi connectivity index (χ2n) is 2.73. The minimum Gasteiger partial charge on any atom is -0.301 e. The van der Waals surface area contributed by atoms with Crippen LogP contribution in [0.3, 0.4) is 0 Å². The van der Waals surface area contributed by atoms with Gasteiger partial charge in [0, 0.05) is 0 Å². The fourth-order valence-electron chi connectivity index (χ4n) is 0.840. The molecule has 0 spiro atoms. The Morgan fingerprint density at radius 1 is 1.00 bits per heavy atom. The molecule has 0 aromatic carbocycles. The largest absolute Gasteiger partial charge is 0.301 e. The molecule has 0 aromatic heterocycles. The van der Waals surface area contributed by atoms with Gasteiger partial charge < -0.3 is 5.41 Å². The average molecular weight is 175 g/mol. The van der Waals surface area contributed by atoms with Gasteiger partial charge in [-0.05, 0) is 38.5 Å².